The minimum atomic E-state index is -0.803. The quantitative estimate of drug-likeness (QED) is 0.810. The summed E-state index contributed by atoms with van der Waals surface area (Å²) in [6, 6.07) is 0.331. The van der Waals surface area contributed by atoms with Crippen molar-refractivity contribution in [2.45, 2.75) is 38.6 Å². The molecule has 0 aromatic heterocycles. The average molecular weight is 283 g/mol. The van der Waals surface area contributed by atoms with E-state index in [9.17, 15) is 9.59 Å². The fourth-order valence-corrected chi connectivity index (χ4v) is 3.13. The van der Waals surface area contributed by atoms with Crippen molar-refractivity contribution in [3.8, 4) is 0 Å². The zero-order valence-corrected chi connectivity index (χ0v) is 12.2. The number of nitrogens with zero attached hydrogens (tertiary/aromatic N) is 2. The lowest BCUT2D eigenvalue weighted by molar-refractivity contribution is -0.138. The van der Waals surface area contributed by atoms with Gasteiger partial charge in [0.05, 0.1) is 6.54 Å². The molecule has 2 amide bonds. The molecule has 1 heterocycles. The highest BCUT2D eigenvalue weighted by Crippen LogP contribution is 2.24. The van der Waals surface area contributed by atoms with Gasteiger partial charge in [-0.3, -0.25) is 9.69 Å². The maximum absolute atomic E-state index is 12.2. The van der Waals surface area contributed by atoms with Crippen LogP contribution in [0.25, 0.3) is 0 Å². The Morgan fingerprint density at radius 1 is 1.20 bits per heavy atom. The second-order valence-corrected chi connectivity index (χ2v) is 6.08. The van der Waals surface area contributed by atoms with Crippen LogP contribution in [0.1, 0.15) is 32.6 Å². The largest absolute Gasteiger partial charge is 0.480 e. The first-order chi connectivity index (χ1) is 9.54. The number of aliphatic carboxylic acids is 1. The Morgan fingerprint density at radius 3 is 2.65 bits per heavy atom. The molecule has 1 aliphatic carbocycles. The molecule has 2 rings (SSSR count). The van der Waals surface area contributed by atoms with Crippen LogP contribution in [-0.2, 0) is 4.79 Å². The van der Waals surface area contributed by atoms with Gasteiger partial charge in [0.2, 0.25) is 0 Å². The van der Waals surface area contributed by atoms with Crippen molar-refractivity contribution < 1.29 is 14.7 Å². The first-order valence-corrected chi connectivity index (χ1v) is 7.54. The lowest BCUT2D eigenvalue weighted by Crippen LogP contribution is -2.45. The molecule has 2 unspecified atom stereocenters. The van der Waals surface area contributed by atoms with Gasteiger partial charge in [-0.05, 0) is 31.6 Å². The monoisotopic (exact) mass is 283 g/mol. The highest BCUT2D eigenvalue weighted by Gasteiger charge is 2.26. The van der Waals surface area contributed by atoms with Crippen molar-refractivity contribution in [2.24, 2.45) is 5.92 Å². The van der Waals surface area contributed by atoms with E-state index in [4.69, 9.17) is 5.11 Å². The van der Waals surface area contributed by atoms with Crippen molar-refractivity contribution in [1.29, 1.82) is 0 Å². The van der Waals surface area contributed by atoms with Crippen molar-refractivity contribution >= 4 is 12.0 Å². The van der Waals surface area contributed by atoms with E-state index in [2.05, 4.69) is 12.2 Å². The molecule has 0 bridgehead atoms. The van der Waals surface area contributed by atoms with Crippen LogP contribution in [0.15, 0.2) is 0 Å². The lowest BCUT2D eigenvalue weighted by atomic mass is 10.1. The summed E-state index contributed by atoms with van der Waals surface area (Å²) in [4.78, 5) is 26.7. The van der Waals surface area contributed by atoms with Gasteiger partial charge in [0.25, 0.3) is 0 Å². The molecule has 20 heavy (non-hydrogen) atoms. The molecule has 2 atom stereocenters. The summed E-state index contributed by atoms with van der Waals surface area (Å²) in [5.41, 5.74) is 0. The zero-order valence-electron chi connectivity index (χ0n) is 12.2. The molecule has 6 nitrogen and oxygen atoms in total. The molecule has 6 heteroatoms. The number of carbonyl (C=O) groups is 2. The Labute approximate surface area is 120 Å². The molecule has 1 aliphatic heterocycles. The van der Waals surface area contributed by atoms with Crippen molar-refractivity contribution in [2.75, 3.05) is 32.7 Å². The number of carbonyl (C=O) groups excluding carboxylic acids is 1. The summed E-state index contributed by atoms with van der Waals surface area (Å²) in [7, 11) is 0. The third-order valence-corrected chi connectivity index (χ3v) is 4.26. The van der Waals surface area contributed by atoms with Crippen molar-refractivity contribution in [3.05, 3.63) is 0 Å². The number of rotatable bonds is 3. The van der Waals surface area contributed by atoms with Gasteiger partial charge in [0.15, 0.2) is 0 Å². The molecule has 114 valence electrons. The second kappa shape index (κ2) is 6.92. The van der Waals surface area contributed by atoms with Crippen molar-refractivity contribution in [1.82, 2.24) is 15.1 Å². The van der Waals surface area contributed by atoms with Crippen LogP contribution in [0.3, 0.4) is 0 Å². The maximum Gasteiger partial charge on any atom is 0.317 e. The van der Waals surface area contributed by atoms with Crippen LogP contribution < -0.4 is 5.32 Å². The number of carboxylic acid groups (broad SMARTS) is 1. The molecule has 1 saturated carbocycles. The van der Waals surface area contributed by atoms with Gasteiger partial charge >= 0.3 is 12.0 Å². The van der Waals surface area contributed by atoms with E-state index in [1.807, 2.05) is 9.80 Å². The predicted octanol–water partition coefficient (Wildman–Crippen LogP) is 0.977. The molecule has 2 N–H and O–H groups in total. The molecular formula is C14H25N3O3. The first-order valence-electron chi connectivity index (χ1n) is 7.54. The van der Waals surface area contributed by atoms with Crippen LogP contribution in [0.5, 0.6) is 0 Å². The molecule has 1 saturated heterocycles. The third kappa shape index (κ3) is 4.37. The van der Waals surface area contributed by atoms with Crippen LogP contribution in [0.4, 0.5) is 4.79 Å². The smallest absolute Gasteiger partial charge is 0.317 e. The summed E-state index contributed by atoms with van der Waals surface area (Å²) in [5.74, 6) is -0.0988. The Hall–Kier alpha value is -1.30. The standard InChI is InChI=1S/C14H25N3O3/c1-11-3-4-12(9-11)15-14(20)17-6-2-5-16(7-8-17)10-13(18)19/h11-12H,2-10H2,1H3,(H,15,20)(H,18,19). The number of carboxylic acids is 1. The van der Waals surface area contributed by atoms with Gasteiger partial charge in [-0.15, -0.1) is 0 Å². The molecule has 0 spiro atoms. The summed E-state index contributed by atoms with van der Waals surface area (Å²) < 4.78 is 0. The van der Waals surface area contributed by atoms with E-state index < -0.39 is 5.97 Å². The normalized spacial score (nSPS) is 28.1. The van der Waals surface area contributed by atoms with Crippen molar-refractivity contribution in [3.63, 3.8) is 0 Å². The fraction of sp³-hybridized carbons (Fsp3) is 0.857. The van der Waals surface area contributed by atoms with E-state index in [1.54, 1.807) is 0 Å². The van der Waals surface area contributed by atoms with Gasteiger partial charge in [-0.1, -0.05) is 6.92 Å². The Kier molecular flexibility index (Phi) is 5.23. The fourth-order valence-electron chi connectivity index (χ4n) is 3.13. The van der Waals surface area contributed by atoms with E-state index in [1.165, 1.54) is 6.42 Å². The van der Waals surface area contributed by atoms with Crippen LogP contribution in [0.2, 0.25) is 0 Å². The van der Waals surface area contributed by atoms with Crippen LogP contribution in [-0.4, -0.2) is 65.7 Å². The highest BCUT2D eigenvalue weighted by atomic mass is 16.4. The Balaban J connectivity index is 1.77. The Morgan fingerprint density at radius 2 is 2.00 bits per heavy atom. The number of nitrogens with one attached hydrogen (secondary N) is 1. The third-order valence-electron chi connectivity index (χ3n) is 4.26. The number of hydrogen-bond donors (Lipinski definition) is 2. The average Bonchev–Trinajstić information content (AvgIpc) is 2.64. The van der Waals surface area contributed by atoms with Crippen LogP contribution >= 0.6 is 0 Å². The van der Waals surface area contributed by atoms with Crippen LogP contribution in [0, 0.1) is 5.92 Å². The zero-order chi connectivity index (χ0) is 14.5. The lowest BCUT2D eigenvalue weighted by Gasteiger charge is -2.23. The second-order valence-electron chi connectivity index (χ2n) is 6.08. The number of hydrogen-bond acceptors (Lipinski definition) is 3. The molecular weight excluding hydrogens is 258 g/mol. The molecule has 0 aromatic carbocycles. The van der Waals surface area contributed by atoms with Gasteiger partial charge < -0.3 is 15.3 Å². The minimum absolute atomic E-state index is 0.0151. The number of amides is 2. The molecule has 0 aromatic rings. The van der Waals surface area contributed by atoms with Gasteiger partial charge in [0, 0.05) is 32.2 Å². The number of urea groups is 1. The summed E-state index contributed by atoms with van der Waals surface area (Å²) in [6.45, 7) is 5.00. The topological polar surface area (TPSA) is 72.9 Å². The van der Waals surface area contributed by atoms with Gasteiger partial charge in [-0.25, -0.2) is 4.79 Å². The summed E-state index contributed by atoms with van der Waals surface area (Å²) in [5, 5.41) is 11.9. The summed E-state index contributed by atoms with van der Waals surface area (Å²) in [6.07, 6.45) is 4.18. The minimum Gasteiger partial charge on any atom is -0.480 e. The maximum atomic E-state index is 12.2. The van der Waals surface area contributed by atoms with E-state index >= 15 is 0 Å². The van der Waals surface area contributed by atoms with E-state index in [0.717, 1.165) is 25.8 Å². The SMILES string of the molecule is CC1CCC(NC(=O)N2CCCN(CC(=O)O)CC2)C1. The van der Waals surface area contributed by atoms with Gasteiger partial charge in [0.1, 0.15) is 0 Å². The molecule has 2 aliphatic rings. The first kappa shape index (κ1) is 15.1. The summed E-state index contributed by atoms with van der Waals surface area (Å²) >= 11 is 0. The highest BCUT2D eigenvalue weighted by molar-refractivity contribution is 5.74. The molecule has 0 radical (unpaired) electrons. The van der Waals surface area contributed by atoms with E-state index in [0.29, 0.717) is 31.6 Å². The Bertz CT molecular complexity index is 362. The predicted molar refractivity (Wildman–Crippen MR) is 75.6 cm³/mol. The molecule has 2 fully saturated rings. The van der Waals surface area contributed by atoms with Gasteiger partial charge in [-0.2, -0.15) is 0 Å². The van der Waals surface area contributed by atoms with E-state index in [-0.39, 0.29) is 12.6 Å².